The van der Waals surface area contributed by atoms with Gasteiger partial charge in [-0.05, 0) is 13.0 Å². The highest BCUT2D eigenvalue weighted by molar-refractivity contribution is 6.05. The van der Waals surface area contributed by atoms with E-state index in [1.165, 1.54) is 0 Å². The van der Waals surface area contributed by atoms with Gasteiger partial charge < -0.3 is 4.74 Å². The van der Waals surface area contributed by atoms with Gasteiger partial charge in [-0.25, -0.2) is 4.79 Å². The van der Waals surface area contributed by atoms with E-state index in [9.17, 15) is 4.79 Å². The molecule has 0 spiro atoms. The summed E-state index contributed by atoms with van der Waals surface area (Å²) in [6, 6.07) is 3.88. The largest absolute Gasteiger partial charge is 0.496 e. The number of pyridine rings is 1. The van der Waals surface area contributed by atoms with Gasteiger partial charge in [-0.3, -0.25) is 23.9 Å². The van der Waals surface area contributed by atoms with Gasteiger partial charge in [0.1, 0.15) is 5.75 Å². The monoisotopic (exact) mass is 389 g/mol. The Labute approximate surface area is 165 Å². The first-order valence-electron chi connectivity index (χ1n) is 9.07. The van der Waals surface area contributed by atoms with Gasteiger partial charge in [0.05, 0.1) is 47.4 Å². The van der Waals surface area contributed by atoms with Crippen LogP contribution in [-0.2, 0) is 14.1 Å². The zero-order valence-electron chi connectivity index (χ0n) is 16.5. The number of methoxy groups -OCH3 is 1. The number of aromatic amines is 1. The molecule has 0 aliphatic carbocycles. The van der Waals surface area contributed by atoms with Crippen LogP contribution in [0, 0.1) is 6.92 Å². The molecule has 0 aliphatic heterocycles. The number of benzene rings is 1. The summed E-state index contributed by atoms with van der Waals surface area (Å²) in [6.45, 7) is 1.89. The van der Waals surface area contributed by atoms with E-state index in [4.69, 9.17) is 4.74 Å². The smallest absolute Gasteiger partial charge is 0.333 e. The fraction of sp³-hybridized carbons (Fsp3) is 0.200. The average Bonchev–Trinajstić information content (AvgIpc) is 3.41. The first-order chi connectivity index (χ1) is 14.0. The molecule has 0 atom stereocenters. The lowest BCUT2D eigenvalue weighted by atomic mass is 10.0. The Kier molecular flexibility index (Phi) is 3.60. The molecule has 0 saturated heterocycles. The van der Waals surface area contributed by atoms with Crippen molar-refractivity contribution in [2.75, 3.05) is 7.11 Å². The molecular weight excluding hydrogens is 370 g/mol. The van der Waals surface area contributed by atoms with E-state index >= 15 is 0 Å². The maximum absolute atomic E-state index is 13.2. The Morgan fingerprint density at radius 2 is 2.00 bits per heavy atom. The number of rotatable bonds is 3. The van der Waals surface area contributed by atoms with Crippen molar-refractivity contribution in [1.82, 2.24) is 34.1 Å². The topological polar surface area (TPSA) is 95.6 Å². The number of hydrogen-bond donors (Lipinski definition) is 1. The predicted octanol–water partition coefficient (Wildman–Crippen LogP) is 2.32. The summed E-state index contributed by atoms with van der Waals surface area (Å²) in [5.41, 5.74) is 5.40. The van der Waals surface area contributed by atoms with E-state index < -0.39 is 0 Å². The normalized spacial score (nSPS) is 11.6. The van der Waals surface area contributed by atoms with E-state index in [0.29, 0.717) is 5.75 Å². The predicted molar refractivity (Wildman–Crippen MR) is 109 cm³/mol. The van der Waals surface area contributed by atoms with Gasteiger partial charge in [0.2, 0.25) is 0 Å². The Bertz CT molecular complexity index is 1440. The van der Waals surface area contributed by atoms with Gasteiger partial charge in [0, 0.05) is 49.1 Å². The van der Waals surface area contributed by atoms with Crippen LogP contribution < -0.4 is 10.4 Å². The molecule has 4 heterocycles. The molecule has 1 N–H and O–H groups in total. The molecule has 9 nitrogen and oxygen atoms in total. The fourth-order valence-electron chi connectivity index (χ4n) is 3.85. The van der Waals surface area contributed by atoms with Crippen molar-refractivity contribution in [1.29, 1.82) is 0 Å². The standard InChI is InChI=1S/C20H19N7O2/c1-11-17(10-25(2)24-11)27-19-14-5-13(12-7-22-23-8-12)18(29-4)6-15(14)21-9-16(19)26(3)20(27)28/h5-10H,1-4H3,(H,22,23). The van der Waals surface area contributed by atoms with Crippen molar-refractivity contribution in [2.24, 2.45) is 14.1 Å². The zero-order valence-corrected chi connectivity index (χ0v) is 16.5. The molecule has 4 aromatic heterocycles. The van der Waals surface area contributed by atoms with Gasteiger partial charge in [0.25, 0.3) is 0 Å². The van der Waals surface area contributed by atoms with E-state index in [1.807, 2.05) is 32.3 Å². The first-order valence-corrected chi connectivity index (χ1v) is 9.07. The van der Waals surface area contributed by atoms with Crippen LogP contribution in [-0.4, -0.2) is 41.2 Å². The zero-order chi connectivity index (χ0) is 20.3. The van der Waals surface area contributed by atoms with Crippen molar-refractivity contribution in [3.63, 3.8) is 0 Å². The number of fused-ring (bicyclic) bond motifs is 3. The van der Waals surface area contributed by atoms with Crippen molar-refractivity contribution < 1.29 is 4.74 Å². The van der Waals surface area contributed by atoms with Gasteiger partial charge in [0.15, 0.2) is 0 Å². The van der Waals surface area contributed by atoms with Gasteiger partial charge in [-0.2, -0.15) is 10.2 Å². The van der Waals surface area contributed by atoms with Gasteiger partial charge in [-0.15, -0.1) is 0 Å². The van der Waals surface area contributed by atoms with E-state index in [1.54, 1.807) is 46.6 Å². The van der Waals surface area contributed by atoms with Crippen molar-refractivity contribution in [2.45, 2.75) is 6.92 Å². The molecular formula is C20H19N7O2. The molecule has 29 heavy (non-hydrogen) atoms. The van der Waals surface area contributed by atoms with E-state index in [2.05, 4.69) is 20.3 Å². The summed E-state index contributed by atoms with van der Waals surface area (Å²) >= 11 is 0. The Hall–Kier alpha value is -3.88. The second-order valence-corrected chi connectivity index (χ2v) is 7.00. The number of hydrogen-bond acceptors (Lipinski definition) is 5. The summed E-state index contributed by atoms with van der Waals surface area (Å²) in [5, 5.41) is 12.1. The Morgan fingerprint density at radius 1 is 1.17 bits per heavy atom. The van der Waals surface area contributed by atoms with Crippen LogP contribution in [0.1, 0.15) is 5.69 Å². The summed E-state index contributed by atoms with van der Waals surface area (Å²) in [4.78, 5) is 17.7. The first kappa shape index (κ1) is 17.2. The Balaban J connectivity index is 1.96. The minimum atomic E-state index is -0.147. The number of imidazole rings is 1. The van der Waals surface area contributed by atoms with Crippen LogP contribution in [0.15, 0.2) is 41.7 Å². The third kappa shape index (κ3) is 2.40. The molecule has 0 radical (unpaired) electrons. The molecule has 9 heteroatoms. The number of nitrogens with zero attached hydrogens (tertiary/aromatic N) is 6. The van der Waals surface area contributed by atoms with Crippen molar-refractivity contribution >= 4 is 21.9 Å². The molecule has 0 bridgehead atoms. The second-order valence-electron chi connectivity index (χ2n) is 7.00. The summed E-state index contributed by atoms with van der Waals surface area (Å²) in [5.74, 6) is 0.688. The minimum absolute atomic E-state index is 0.147. The van der Waals surface area contributed by atoms with Crippen LogP contribution in [0.3, 0.4) is 0 Å². The molecule has 0 amide bonds. The quantitative estimate of drug-likeness (QED) is 0.511. The molecule has 5 rings (SSSR count). The third-order valence-electron chi connectivity index (χ3n) is 5.24. The maximum Gasteiger partial charge on any atom is 0.333 e. The number of ether oxygens (including phenoxy) is 1. The van der Waals surface area contributed by atoms with E-state index in [-0.39, 0.29) is 5.69 Å². The average molecular weight is 389 g/mol. The number of H-pyrrole nitrogens is 1. The summed E-state index contributed by atoms with van der Waals surface area (Å²) in [7, 11) is 5.22. The second kappa shape index (κ2) is 6.06. The highest BCUT2D eigenvalue weighted by Gasteiger charge is 2.20. The molecule has 146 valence electrons. The summed E-state index contributed by atoms with van der Waals surface area (Å²) < 4.78 is 10.6. The highest BCUT2D eigenvalue weighted by Crippen LogP contribution is 2.36. The van der Waals surface area contributed by atoms with Crippen molar-refractivity contribution in [3.05, 3.63) is 53.1 Å². The molecule has 1 aromatic carbocycles. The van der Waals surface area contributed by atoms with Gasteiger partial charge in [-0.1, -0.05) is 0 Å². The minimum Gasteiger partial charge on any atom is -0.496 e. The lowest BCUT2D eigenvalue weighted by molar-refractivity contribution is 0.417. The van der Waals surface area contributed by atoms with Crippen LogP contribution >= 0.6 is 0 Å². The third-order valence-corrected chi connectivity index (χ3v) is 5.24. The molecule has 0 unspecified atom stereocenters. The van der Waals surface area contributed by atoms with E-state index in [0.717, 1.165) is 44.4 Å². The fourth-order valence-corrected chi connectivity index (χ4v) is 3.85. The lowest BCUT2D eigenvalue weighted by Crippen LogP contribution is -2.21. The Morgan fingerprint density at radius 3 is 2.66 bits per heavy atom. The van der Waals surface area contributed by atoms with Crippen LogP contribution in [0.2, 0.25) is 0 Å². The van der Waals surface area contributed by atoms with Gasteiger partial charge >= 0.3 is 5.69 Å². The number of aryl methyl sites for hydroxylation is 3. The molecule has 0 aliphatic rings. The SMILES string of the molecule is COc1cc2ncc3c(c2cc1-c1cn[nH]c1)n(-c1cn(C)nc1C)c(=O)n3C. The molecule has 5 aromatic rings. The van der Waals surface area contributed by atoms with Crippen LogP contribution in [0.25, 0.3) is 38.8 Å². The lowest BCUT2D eigenvalue weighted by Gasteiger charge is -2.10. The summed E-state index contributed by atoms with van der Waals surface area (Å²) in [6.07, 6.45) is 7.11. The number of aromatic nitrogens is 7. The highest BCUT2D eigenvalue weighted by atomic mass is 16.5. The van der Waals surface area contributed by atoms with Crippen molar-refractivity contribution in [3.8, 4) is 22.6 Å². The number of nitrogens with one attached hydrogen (secondary N) is 1. The maximum atomic E-state index is 13.2. The van der Waals surface area contributed by atoms with Crippen LogP contribution in [0.4, 0.5) is 0 Å². The molecule has 0 fully saturated rings. The van der Waals surface area contributed by atoms with Crippen LogP contribution in [0.5, 0.6) is 5.75 Å². The molecule has 0 saturated carbocycles.